The Morgan fingerprint density at radius 2 is 1.73 bits per heavy atom. The Hall–Kier alpha value is -3.82. The normalized spacial score (nSPS) is 11.7. The molecule has 0 fully saturated rings. The Morgan fingerprint density at radius 1 is 1.09 bits per heavy atom. The van der Waals surface area contributed by atoms with Crippen molar-refractivity contribution < 1.29 is 19.4 Å². The number of benzene rings is 1. The zero-order valence-corrected chi connectivity index (χ0v) is 19.5. The van der Waals surface area contributed by atoms with Gasteiger partial charge in [0.2, 0.25) is 0 Å². The van der Waals surface area contributed by atoms with Crippen LogP contribution in [0, 0.1) is 0 Å². The molecule has 0 radical (unpaired) electrons. The maximum absolute atomic E-state index is 13.8. The minimum absolute atomic E-state index is 0.194. The Kier molecular flexibility index (Phi) is 7.05. The van der Waals surface area contributed by atoms with E-state index in [-0.39, 0.29) is 5.69 Å². The molecular weight excluding hydrogens is 426 g/mol. The van der Waals surface area contributed by atoms with Crippen LogP contribution in [0.15, 0.2) is 35.1 Å². The summed E-state index contributed by atoms with van der Waals surface area (Å²) < 4.78 is 7.34. The van der Waals surface area contributed by atoms with Gasteiger partial charge in [-0.2, -0.15) is 9.61 Å². The van der Waals surface area contributed by atoms with Crippen molar-refractivity contribution in [2.45, 2.75) is 27.7 Å². The van der Waals surface area contributed by atoms with Crippen LogP contribution < -0.4 is 10.6 Å². The topological polar surface area (TPSA) is 109 Å². The predicted octanol–water partition coefficient (Wildman–Crippen LogP) is 2.51. The van der Waals surface area contributed by atoms with E-state index in [1.807, 2.05) is 49.6 Å². The molecule has 0 bridgehead atoms. The molecule has 3 aromatic rings. The largest absolute Gasteiger partial charge is 0.476 e. The first-order valence-electron chi connectivity index (χ1n) is 10.9. The summed E-state index contributed by atoms with van der Waals surface area (Å²) in [5.41, 5.74) is 0.577. The molecule has 10 nitrogen and oxygen atoms in total. The average molecular weight is 456 g/mol. The highest BCUT2D eigenvalue weighted by Crippen LogP contribution is 2.32. The Balaban J connectivity index is 2.58. The van der Waals surface area contributed by atoms with Gasteiger partial charge >= 0.3 is 17.6 Å². The van der Waals surface area contributed by atoms with E-state index in [0.29, 0.717) is 54.1 Å². The van der Waals surface area contributed by atoms with Crippen LogP contribution in [0.2, 0.25) is 0 Å². The summed E-state index contributed by atoms with van der Waals surface area (Å²) in [7, 11) is 1.27. The Labute approximate surface area is 191 Å². The molecule has 0 saturated carbocycles. The van der Waals surface area contributed by atoms with E-state index in [1.165, 1.54) is 17.8 Å². The minimum Gasteiger partial charge on any atom is -0.476 e. The number of carbonyl (C=O) groups is 2. The van der Waals surface area contributed by atoms with E-state index in [1.54, 1.807) is 12.1 Å². The summed E-state index contributed by atoms with van der Waals surface area (Å²) in [4.78, 5) is 41.8. The van der Waals surface area contributed by atoms with E-state index >= 15 is 0 Å². The standard InChI is InChI=1S/C23H29N5O5/c1-6-25(7-2)17(14-18(29)33-5)27-16-13-11-10-12-15(16)20-21(26(8-3)9-4)19(22(30)31)24-28(20)23(27)32/h10-14H,6-9H2,1-5H3,(H,30,31). The molecule has 0 unspecified atom stereocenters. The van der Waals surface area contributed by atoms with Crippen LogP contribution in [0.3, 0.4) is 0 Å². The third-order valence-electron chi connectivity index (χ3n) is 5.68. The molecule has 0 aliphatic carbocycles. The Morgan fingerprint density at radius 3 is 2.27 bits per heavy atom. The van der Waals surface area contributed by atoms with E-state index in [9.17, 15) is 19.5 Å². The highest BCUT2D eigenvalue weighted by Gasteiger charge is 2.28. The fraction of sp³-hybridized carbons (Fsp3) is 0.391. The smallest absolute Gasteiger partial charge is 0.358 e. The summed E-state index contributed by atoms with van der Waals surface area (Å²) in [5.74, 6) is -1.50. The van der Waals surface area contributed by atoms with Crippen molar-refractivity contribution in [2.75, 3.05) is 38.2 Å². The lowest BCUT2D eigenvalue weighted by Gasteiger charge is -2.27. The molecule has 0 aliphatic rings. The number of esters is 1. The molecule has 2 aromatic heterocycles. The van der Waals surface area contributed by atoms with Gasteiger partial charge in [-0.1, -0.05) is 18.2 Å². The SMILES string of the molecule is CCN(CC)C(=CC(=O)OC)n1c(=O)n2nc(C(=O)O)c(N(CC)CC)c2c2ccccc21. The number of hydrogen-bond donors (Lipinski definition) is 1. The number of aromatic nitrogens is 3. The van der Waals surface area contributed by atoms with Crippen molar-refractivity contribution in [2.24, 2.45) is 0 Å². The predicted molar refractivity (Wildman–Crippen MR) is 127 cm³/mol. The van der Waals surface area contributed by atoms with Crippen LogP contribution >= 0.6 is 0 Å². The molecule has 0 saturated heterocycles. The van der Waals surface area contributed by atoms with Gasteiger partial charge in [0.15, 0.2) is 5.69 Å². The van der Waals surface area contributed by atoms with Crippen LogP contribution in [0.5, 0.6) is 0 Å². The average Bonchev–Trinajstić information content (AvgIpc) is 3.22. The number of carboxylic acid groups (broad SMARTS) is 1. The zero-order valence-electron chi connectivity index (χ0n) is 19.5. The number of aromatic carboxylic acids is 1. The van der Waals surface area contributed by atoms with E-state index in [0.717, 1.165) is 4.52 Å². The van der Waals surface area contributed by atoms with Gasteiger partial charge in [0.1, 0.15) is 11.3 Å². The molecular formula is C23H29N5O5. The van der Waals surface area contributed by atoms with Crippen LogP contribution in [0.1, 0.15) is 38.2 Å². The molecule has 0 spiro atoms. The molecule has 1 aromatic carbocycles. The van der Waals surface area contributed by atoms with Crippen LogP contribution in [-0.2, 0) is 9.53 Å². The number of methoxy groups -OCH3 is 1. The maximum Gasteiger partial charge on any atom is 0.358 e. The summed E-state index contributed by atoms with van der Waals surface area (Å²) in [6, 6.07) is 7.19. The molecule has 10 heteroatoms. The van der Waals surface area contributed by atoms with E-state index < -0.39 is 17.6 Å². The third-order valence-corrected chi connectivity index (χ3v) is 5.68. The lowest BCUT2D eigenvalue weighted by molar-refractivity contribution is -0.134. The van der Waals surface area contributed by atoms with Gasteiger partial charge in [-0.05, 0) is 33.8 Å². The summed E-state index contributed by atoms with van der Waals surface area (Å²) in [6.07, 6.45) is 1.26. The van der Waals surface area contributed by atoms with Gasteiger partial charge in [-0.3, -0.25) is 0 Å². The molecule has 2 heterocycles. The monoisotopic (exact) mass is 455 g/mol. The highest BCUT2D eigenvalue weighted by molar-refractivity contribution is 6.07. The number of carbonyl (C=O) groups excluding carboxylic acids is 1. The van der Waals surface area contributed by atoms with E-state index in [2.05, 4.69) is 5.10 Å². The second kappa shape index (κ2) is 9.76. The molecule has 0 aliphatic heterocycles. The van der Waals surface area contributed by atoms with Crippen LogP contribution in [-0.4, -0.2) is 69.4 Å². The number of para-hydroxylation sites is 1. The number of hydrogen-bond acceptors (Lipinski definition) is 7. The lowest BCUT2D eigenvalue weighted by Crippen LogP contribution is -2.35. The fourth-order valence-corrected chi connectivity index (χ4v) is 4.07. The zero-order chi connectivity index (χ0) is 24.3. The second-order valence-electron chi connectivity index (χ2n) is 7.27. The van der Waals surface area contributed by atoms with Crippen molar-refractivity contribution in [3.8, 4) is 0 Å². The lowest BCUT2D eigenvalue weighted by atomic mass is 10.1. The first kappa shape index (κ1) is 23.8. The summed E-state index contributed by atoms with van der Waals surface area (Å²) in [6.45, 7) is 9.80. The summed E-state index contributed by atoms with van der Waals surface area (Å²) >= 11 is 0. The maximum atomic E-state index is 13.8. The van der Waals surface area contributed by atoms with Crippen molar-refractivity contribution in [3.63, 3.8) is 0 Å². The molecule has 0 amide bonds. The van der Waals surface area contributed by atoms with Gasteiger partial charge in [0, 0.05) is 31.6 Å². The molecule has 1 N–H and O–H groups in total. The first-order valence-corrected chi connectivity index (χ1v) is 10.9. The molecule has 3 rings (SSSR count). The highest BCUT2D eigenvalue weighted by atomic mass is 16.5. The van der Waals surface area contributed by atoms with Gasteiger partial charge in [-0.15, -0.1) is 0 Å². The third kappa shape index (κ3) is 4.04. The van der Waals surface area contributed by atoms with Gasteiger partial charge in [0.05, 0.1) is 24.4 Å². The number of ether oxygens (including phenoxy) is 1. The number of fused-ring (bicyclic) bond motifs is 3. The quantitative estimate of drug-likeness (QED) is 0.387. The van der Waals surface area contributed by atoms with Crippen molar-refractivity contribution in [1.82, 2.24) is 19.1 Å². The Bertz CT molecular complexity index is 1280. The number of rotatable bonds is 9. The number of nitrogens with zero attached hydrogens (tertiary/aromatic N) is 5. The van der Waals surface area contributed by atoms with Crippen molar-refractivity contribution in [1.29, 1.82) is 0 Å². The van der Waals surface area contributed by atoms with Gasteiger partial charge in [-0.25, -0.2) is 19.0 Å². The molecule has 33 heavy (non-hydrogen) atoms. The van der Waals surface area contributed by atoms with Crippen molar-refractivity contribution in [3.05, 3.63) is 46.5 Å². The summed E-state index contributed by atoms with van der Waals surface area (Å²) in [5, 5.41) is 14.7. The van der Waals surface area contributed by atoms with Gasteiger partial charge < -0.3 is 19.6 Å². The second-order valence-corrected chi connectivity index (χ2v) is 7.27. The number of carboxylic acids is 1. The fourth-order valence-electron chi connectivity index (χ4n) is 4.07. The molecule has 176 valence electrons. The minimum atomic E-state index is -1.22. The van der Waals surface area contributed by atoms with Crippen LogP contribution in [0.25, 0.3) is 22.2 Å². The van der Waals surface area contributed by atoms with Gasteiger partial charge in [0.25, 0.3) is 0 Å². The van der Waals surface area contributed by atoms with Crippen molar-refractivity contribution >= 4 is 39.9 Å². The molecule has 0 atom stereocenters. The first-order chi connectivity index (χ1) is 15.8. The van der Waals surface area contributed by atoms with E-state index in [4.69, 9.17) is 4.74 Å². The number of anilines is 1. The van der Waals surface area contributed by atoms with Crippen LogP contribution in [0.4, 0.5) is 5.69 Å².